The summed E-state index contributed by atoms with van der Waals surface area (Å²) in [6.45, 7) is 8.37. The van der Waals surface area contributed by atoms with Gasteiger partial charge in [0.15, 0.2) is 0 Å². The molecule has 0 spiro atoms. The summed E-state index contributed by atoms with van der Waals surface area (Å²) in [5.41, 5.74) is 5.31. The number of hydrogen-bond donors (Lipinski definition) is 0. The van der Waals surface area contributed by atoms with Crippen molar-refractivity contribution in [1.82, 2.24) is 0 Å². The van der Waals surface area contributed by atoms with Gasteiger partial charge in [-0.25, -0.2) is 0 Å². The molecule has 0 fully saturated rings. The van der Waals surface area contributed by atoms with Gasteiger partial charge in [0.2, 0.25) is 0 Å². The van der Waals surface area contributed by atoms with E-state index in [1.807, 2.05) is 0 Å². The summed E-state index contributed by atoms with van der Waals surface area (Å²) in [6.07, 6.45) is 5.00. The lowest BCUT2D eigenvalue weighted by molar-refractivity contribution is 0.239. The van der Waals surface area contributed by atoms with Gasteiger partial charge in [-0.3, -0.25) is 0 Å². The van der Waals surface area contributed by atoms with Gasteiger partial charge >= 0.3 is 0 Å². The fourth-order valence-electron chi connectivity index (χ4n) is 4.29. The zero-order valence-corrected chi connectivity index (χ0v) is 17.4. The monoisotopic (exact) mass is 374 g/mol. The van der Waals surface area contributed by atoms with Crippen LogP contribution in [0.15, 0.2) is 48.5 Å². The average molecular weight is 375 g/mol. The number of ether oxygens (including phenoxy) is 2. The van der Waals surface area contributed by atoms with Crippen LogP contribution in [0.2, 0.25) is 0 Å². The van der Waals surface area contributed by atoms with E-state index in [0.29, 0.717) is 0 Å². The van der Waals surface area contributed by atoms with E-state index in [9.17, 15) is 0 Å². The molecule has 0 unspecified atom stereocenters. The predicted molar refractivity (Wildman–Crippen MR) is 118 cm³/mol. The van der Waals surface area contributed by atoms with Gasteiger partial charge in [-0.2, -0.15) is 0 Å². The van der Waals surface area contributed by atoms with Crippen LogP contribution in [0.4, 0.5) is 0 Å². The summed E-state index contributed by atoms with van der Waals surface area (Å²) in [4.78, 5) is 0. The van der Waals surface area contributed by atoms with Crippen molar-refractivity contribution in [3.05, 3.63) is 59.7 Å². The summed E-state index contributed by atoms with van der Waals surface area (Å²) in [5.74, 6) is 1.92. The van der Waals surface area contributed by atoms with Crippen molar-refractivity contribution in [1.29, 1.82) is 0 Å². The maximum Gasteiger partial charge on any atom is 0.128 e. The maximum absolute atomic E-state index is 6.32. The van der Waals surface area contributed by atoms with E-state index in [1.165, 1.54) is 45.9 Å². The lowest BCUT2D eigenvalue weighted by Gasteiger charge is -2.26. The summed E-state index contributed by atoms with van der Waals surface area (Å²) in [5, 5.41) is 2.46. The van der Waals surface area contributed by atoms with Gasteiger partial charge < -0.3 is 9.47 Å². The molecule has 2 nitrogen and oxygen atoms in total. The van der Waals surface area contributed by atoms with Crippen LogP contribution in [-0.2, 0) is 12.8 Å². The molecule has 0 radical (unpaired) electrons. The third-order valence-corrected chi connectivity index (χ3v) is 5.36. The van der Waals surface area contributed by atoms with E-state index in [0.717, 1.165) is 24.3 Å². The van der Waals surface area contributed by atoms with Gasteiger partial charge in [-0.15, -0.1) is 0 Å². The molecular weight excluding hydrogens is 344 g/mol. The van der Waals surface area contributed by atoms with Gasteiger partial charge in [0.05, 0.1) is 12.2 Å². The molecular formula is C26H30O2. The van der Waals surface area contributed by atoms with Crippen LogP contribution in [0.25, 0.3) is 21.9 Å². The Labute approximate surface area is 168 Å². The third kappa shape index (κ3) is 3.61. The fraction of sp³-hybridized carbons (Fsp3) is 0.385. The largest absolute Gasteiger partial charge is 0.490 e. The summed E-state index contributed by atoms with van der Waals surface area (Å²) in [7, 11) is 0. The molecule has 1 aliphatic rings. The molecule has 0 bridgehead atoms. The SMILES string of the molecule is CC(C)Oc1ccc2c(c1-c1c(OC(C)C)ccc3ccccc13)CCCC2. The van der Waals surface area contributed by atoms with Crippen molar-refractivity contribution >= 4 is 10.8 Å². The van der Waals surface area contributed by atoms with Crippen molar-refractivity contribution in [2.75, 3.05) is 0 Å². The van der Waals surface area contributed by atoms with Crippen LogP contribution >= 0.6 is 0 Å². The Hall–Kier alpha value is -2.48. The second-order valence-corrected chi connectivity index (χ2v) is 8.28. The van der Waals surface area contributed by atoms with E-state index in [-0.39, 0.29) is 12.2 Å². The molecule has 2 heteroatoms. The van der Waals surface area contributed by atoms with Gasteiger partial charge in [0, 0.05) is 11.1 Å². The Morgan fingerprint density at radius 1 is 0.679 bits per heavy atom. The van der Waals surface area contributed by atoms with E-state index >= 15 is 0 Å². The second kappa shape index (κ2) is 7.87. The van der Waals surface area contributed by atoms with Crippen LogP contribution in [0.1, 0.15) is 51.7 Å². The number of benzene rings is 3. The summed E-state index contributed by atoms with van der Waals surface area (Å²) < 4.78 is 12.6. The first-order chi connectivity index (χ1) is 13.5. The van der Waals surface area contributed by atoms with Crippen molar-refractivity contribution in [2.45, 2.75) is 65.6 Å². The summed E-state index contributed by atoms with van der Waals surface area (Å²) in [6, 6.07) is 17.3. The van der Waals surface area contributed by atoms with Crippen molar-refractivity contribution in [3.8, 4) is 22.6 Å². The Bertz CT molecular complexity index is 985. The van der Waals surface area contributed by atoms with Crippen molar-refractivity contribution < 1.29 is 9.47 Å². The number of fused-ring (bicyclic) bond motifs is 2. The first-order valence-corrected chi connectivity index (χ1v) is 10.5. The molecule has 3 aromatic carbocycles. The highest BCUT2D eigenvalue weighted by molar-refractivity contribution is 6.02. The van der Waals surface area contributed by atoms with Crippen LogP contribution < -0.4 is 9.47 Å². The molecule has 0 amide bonds. The molecule has 0 aromatic heterocycles. The quantitative estimate of drug-likeness (QED) is 0.480. The molecule has 0 N–H and O–H groups in total. The number of rotatable bonds is 5. The Balaban J connectivity index is 2.06. The smallest absolute Gasteiger partial charge is 0.128 e. The summed E-state index contributed by atoms with van der Waals surface area (Å²) >= 11 is 0. The van der Waals surface area contributed by atoms with Crippen LogP contribution in [0.3, 0.4) is 0 Å². The Kier molecular flexibility index (Phi) is 5.30. The van der Waals surface area contributed by atoms with Gasteiger partial charge in [0.25, 0.3) is 0 Å². The Morgan fingerprint density at radius 2 is 1.32 bits per heavy atom. The molecule has 0 aliphatic heterocycles. The highest BCUT2D eigenvalue weighted by Gasteiger charge is 2.24. The molecule has 0 heterocycles. The molecule has 146 valence electrons. The highest BCUT2D eigenvalue weighted by Crippen LogP contribution is 2.46. The molecule has 0 saturated heterocycles. The minimum absolute atomic E-state index is 0.119. The van der Waals surface area contributed by atoms with Gasteiger partial charge in [-0.05, 0) is 87.4 Å². The van der Waals surface area contributed by atoms with Crippen molar-refractivity contribution in [3.63, 3.8) is 0 Å². The van der Waals surface area contributed by atoms with Gasteiger partial charge in [-0.1, -0.05) is 36.4 Å². The zero-order valence-electron chi connectivity index (χ0n) is 17.4. The fourth-order valence-corrected chi connectivity index (χ4v) is 4.29. The molecule has 1 aliphatic carbocycles. The molecule has 0 saturated carbocycles. The van der Waals surface area contributed by atoms with E-state index < -0.39 is 0 Å². The normalized spacial score (nSPS) is 13.8. The average Bonchev–Trinajstić information content (AvgIpc) is 2.67. The highest BCUT2D eigenvalue weighted by atomic mass is 16.5. The van der Waals surface area contributed by atoms with E-state index in [1.54, 1.807) is 0 Å². The number of aryl methyl sites for hydroxylation is 1. The number of hydrogen-bond acceptors (Lipinski definition) is 2. The zero-order chi connectivity index (χ0) is 19.7. The first kappa shape index (κ1) is 18.9. The molecule has 3 aromatic rings. The minimum atomic E-state index is 0.119. The van der Waals surface area contributed by atoms with Crippen LogP contribution in [0, 0.1) is 0 Å². The predicted octanol–water partition coefficient (Wildman–Crippen LogP) is 6.96. The topological polar surface area (TPSA) is 18.5 Å². The van der Waals surface area contributed by atoms with Crippen LogP contribution in [-0.4, -0.2) is 12.2 Å². The van der Waals surface area contributed by atoms with E-state index in [2.05, 4.69) is 76.2 Å². The molecule has 0 atom stereocenters. The molecule has 4 rings (SSSR count). The van der Waals surface area contributed by atoms with E-state index in [4.69, 9.17) is 9.47 Å². The standard InChI is InChI=1S/C26H30O2/c1-17(2)27-23-15-13-19-9-5-7-11-21(19)25(23)26-22-12-8-6-10-20(22)14-16-24(26)28-18(3)4/h5,7,9,11,13-18H,6,8,10,12H2,1-4H3. The third-order valence-electron chi connectivity index (χ3n) is 5.36. The molecule has 28 heavy (non-hydrogen) atoms. The lowest BCUT2D eigenvalue weighted by atomic mass is 9.83. The minimum Gasteiger partial charge on any atom is -0.490 e. The Morgan fingerprint density at radius 3 is 2.07 bits per heavy atom. The van der Waals surface area contributed by atoms with Crippen molar-refractivity contribution in [2.24, 2.45) is 0 Å². The first-order valence-electron chi connectivity index (χ1n) is 10.5. The maximum atomic E-state index is 6.32. The van der Waals surface area contributed by atoms with Crippen LogP contribution in [0.5, 0.6) is 11.5 Å². The lowest BCUT2D eigenvalue weighted by Crippen LogP contribution is -2.12. The van der Waals surface area contributed by atoms with Gasteiger partial charge in [0.1, 0.15) is 11.5 Å². The second-order valence-electron chi connectivity index (χ2n) is 8.28.